The van der Waals surface area contributed by atoms with E-state index in [9.17, 15) is 8.78 Å². The maximum absolute atomic E-state index is 13.1. The second kappa shape index (κ2) is 8.84. The molecule has 26 heavy (non-hydrogen) atoms. The Morgan fingerprint density at radius 2 is 1.46 bits per heavy atom. The van der Waals surface area contributed by atoms with Gasteiger partial charge in [-0.2, -0.15) is 10.2 Å². The monoisotopic (exact) mass is 354 g/mol. The first-order valence-corrected chi connectivity index (χ1v) is 9.27. The van der Waals surface area contributed by atoms with Gasteiger partial charge in [0.25, 0.3) is 0 Å². The van der Waals surface area contributed by atoms with E-state index in [1.807, 2.05) is 0 Å². The summed E-state index contributed by atoms with van der Waals surface area (Å²) in [5.74, 6) is -0.171. The lowest BCUT2D eigenvalue weighted by atomic mass is 9.78. The van der Waals surface area contributed by atoms with Crippen LogP contribution in [0.1, 0.15) is 61.6 Å². The van der Waals surface area contributed by atoms with Gasteiger partial charge in [0, 0.05) is 0 Å². The van der Waals surface area contributed by atoms with E-state index in [1.165, 1.54) is 49.9 Å². The molecule has 1 aliphatic rings. The molecule has 2 nitrogen and oxygen atoms in total. The molecular weight excluding hydrogens is 330 g/mol. The normalized spacial score (nSPS) is 20.9. The van der Waals surface area contributed by atoms with Crippen molar-refractivity contribution >= 4 is 12.4 Å². The lowest BCUT2D eigenvalue weighted by molar-refractivity contribution is 0.319. The molecule has 1 fully saturated rings. The summed E-state index contributed by atoms with van der Waals surface area (Å²) >= 11 is 0. The summed E-state index contributed by atoms with van der Waals surface area (Å²) in [6.45, 7) is 2.29. The van der Waals surface area contributed by atoms with Crippen molar-refractivity contribution in [3.8, 4) is 0 Å². The molecule has 136 valence electrons. The molecule has 1 saturated carbocycles. The summed E-state index contributed by atoms with van der Waals surface area (Å²) in [7, 11) is 0. The third-order valence-corrected chi connectivity index (χ3v) is 5.26. The molecule has 0 saturated heterocycles. The fourth-order valence-corrected chi connectivity index (χ4v) is 3.55. The van der Waals surface area contributed by atoms with Crippen LogP contribution in [0.2, 0.25) is 0 Å². The Bertz CT molecular complexity index is 773. The van der Waals surface area contributed by atoms with E-state index in [0.717, 1.165) is 23.6 Å². The van der Waals surface area contributed by atoms with E-state index in [1.54, 1.807) is 6.21 Å². The predicted octanol–water partition coefficient (Wildman–Crippen LogP) is 6.10. The second-order valence-electron chi connectivity index (χ2n) is 6.96. The second-order valence-corrected chi connectivity index (χ2v) is 6.96. The van der Waals surface area contributed by atoms with Crippen LogP contribution in [-0.2, 0) is 0 Å². The van der Waals surface area contributed by atoms with Gasteiger partial charge in [-0.25, -0.2) is 8.78 Å². The summed E-state index contributed by atoms with van der Waals surface area (Å²) in [5.41, 5.74) is 2.85. The molecule has 0 spiro atoms. The molecule has 0 aromatic heterocycles. The number of benzene rings is 2. The molecule has 0 N–H and O–H groups in total. The zero-order valence-corrected chi connectivity index (χ0v) is 15.0. The maximum atomic E-state index is 13.1. The van der Waals surface area contributed by atoms with Gasteiger partial charge in [-0.1, -0.05) is 43.7 Å². The highest BCUT2D eigenvalue weighted by molar-refractivity contribution is 5.82. The molecule has 2 aromatic rings. The minimum absolute atomic E-state index is 0.471. The molecule has 1 aliphatic carbocycles. The van der Waals surface area contributed by atoms with E-state index in [-0.39, 0.29) is 0 Å². The Labute approximate surface area is 153 Å². The predicted molar refractivity (Wildman–Crippen MR) is 103 cm³/mol. The van der Waals surface area contributed by atoms with Crippen molar-refractivity contribution in [2.45, 2.75) is 44.9 Å². The molecule has 0 heterocycles. The highest BCUT2D eigenvalue weighted by Crippen LogP contribution is 2.36. The summed E-state index contributed by atoms with van der Waals surface area (Å²) in [4.78, 5) is 0. The van der Waals surface area contributed by atoms with Crippen LogP contribution in [0.5, 0.6) is 0 Å². The lowest BCUT2D eigenvalue weighted by Crippen LogP contribution is -2.12. The van der Waals surface area contributed by atoms with Gasteiger partial charge in [-0.15, -0.1) is 0 Å². The Hall–Kier alpha value is -2.36. The molecule has 0 unspecified atom stereocenters. The fraction of sp³-hybridized carbons (Fsp3) is 0.364. The van der Waals surface area contributed by atoms with Gasteiger partial charge in [0.1, 0.15) is 0 Å². The van der Waals surface area contributed by atoms with E-state index in [2.05, 4.69) is 41.4 Å². The average molecular weight is 354 g/mol. The van der Waals surface area contributed by atoms with Crippen molar-refractivity contribution in [3.63, 3.8) is 0 Å². The van der Waals surface area contributed by atoms with E-state index >= 15 is 0 Å². The molecule has 3 rings (SSSR count). The number of halogens is 2. The number of hydrogen-bond donors (Lipinski definition) is 0. The minimum atomic E-state index is -0.888. The summed E-state index contributed by atoms with van der Waals surface area (Å²) < 4.78 is 26.0. The molecular formula is C22H24F2N2. The Morgan fingerprint density at radius 3 is 2.08 bits per heavy atom. The van der Waals surface area contributed by atoms with Crippen LogP contribution in [0.15, 0.2) is 52.7 Å². The van der Waals surface area contributed by atoms with Crippen molar-refractivity contribution in [2.24, 2.45) is 16.1 Å². The number of hydrogen-bond acceptors (Lipinski definition) is 2. The molecule has 4 heteroatoms. The minimum Gasteiger partial charge on any atom is -0.204 e. The number of rotatable bonds is 5. The smallest absolute Gasteiger partial charge is 0.159 e. The molecule has 0 aliphatic heterocycles. The Morgan fingerprint density at radius 1 is 0.846 bits per heavy atom. The van der Waals surface area contributed by atoms with E-state index in [4.69, 9.17) is 0 Å². The molecule has 2 aromatic carbocycles. The zero-order valence-electron chi connectivity index (χ0n) is 15.0. The van der Waals surface area contributed by atoms with Gasteiger partial charge in [0.2, 0.25) is 0 Å². The quantitative estimate of drug-likeness (QED) is 0.458. The van der Waals surface area contributed by atoms with Crippen molar-refractivity contribution < 1.29 is 8.78 Å². The van der Waals surface area contributed by atoms with Gasteiger partial charge in [0.15, 0.2) is 11.6 Å². The maximum Gasteiger partial charge on any atom is 0.159 e. The van der Waals surface area contributed by atoms with Crippen LogP contribution in [0.3, 0.4) is 0 Å². The summed E-state index contributed by atoms with van der Waals surface area (Å²) in [6.07, 6.45) is 9.60. The van der Waals surface area contributed by atoms with Gasteiger partial charge in [0.05, 0.1) is 12.4 Å². The van der Waals surface area contributed by atoms with Crippen LogP contribution in [0.4, 0.5) is 8.78 Å². The van der Waals surface area contributed by atoms with Gasteiger partial charge >= 0.3 is 0 Å². The topological polar surface area (TPSA) is 24.7 Å². The number of nitrogens with zero attached hydrogens (tertiary/aromatic N) is 2. The van der Waals surface area contributed by atoms with Crippen molar-refractivity contribution in [3.05, 3.63) is 70.8 Å². The molecule has 0 bridgehead atoms. The van der Waals surface area contributed by atoms with Crippen LogP contribution >= 0.6 is 0 Å². The first-order valence-electron chi connectivity index (χ1n) is 9.27. The summed E-state index contributed by atoms with van der Waals surface area (Å²) in [5, 5.41) is 7.87. The lowest BCUT2D eigenvalue weighted by Gasteiger charge is -2.28. The van der Waals surface area contributed by atoms with Crippen molar-refractivity contribution in [1.29, 1.82) is 0 Å². The highest BCUT2D eigenvalue weighted by atomic mass is 19.2. The van der Waals surface area contributed by atoms with E-state index < -0.39 is 11.6 Å². The first kappa shape index (κ1) is 18.4. The van der Waals surface area contributed by atoms with Crippen molar-refractivity contribution in [2.75, 3.05) is 0 Å². The standard InChI is InChI=1S/C22H24F2N2/c1-2-16-3-8-19(9-4-16)20-10-5-17(6-11-20)14-25-26-15-18-7-12-21(23)22(24)13-18/h5-7,10-16,19H,2-4,8-9H2,1H3. The molecule has 0 atom stereocenters. The SMILES string of the molecule is CCC1CCC(c2ccc(C=NN=Cc3ccc(F)c(F)c3)cc2)CC1. The van der Waals surface area contributed by atoms with Crippen molar-refractivity contribution in [1.82, 2.24) is 0 Å². The van der Waals surface area contributed by atoms with Gasteiger partial charge in [-0.3, -0.25) is 0 Å². The average Bonchev–Trinajstić information content (AvgIpc) is 2.68. The van der Waals surface area contributed by atoms with Crippen LogP contribution in [0.25, 0.3) is 0 Å². The molecule has 0 radical (unpaired) electrons. The first-order chi connectivity index (χ1) is 12.7. The Balaban J connectivity index is 1.56. The van der Waals surface area contributed by atoms with E-state index in [0.29, 0.717) is 11.5 Å². The van der Waals surface area contributed by atoms with Crippen LogP contribution in [-0.4, -0.2) is 12.4 Å². The zero-order chi connectivity index (χ0) is 18.4. The molecule has 0 amide bonds. The summed E-state index contributed by atoms with van der Waals surface area (Å²) in [6, 6.07) is 12.1. The third kappa shape index (κ3) is 4.84. The van der Waals surface area contributed by atoms with Crippen LogP contribution in [0, 0.1) is 17.6 Å². The largest absolute Gasteiger partial charge is 0.204 e. The fourth-order valence-electron chi connectivity index (χ4n) is 3.55. The van der Waals surface area contributed by atoms with Gasteiger partial charge < -0.3 is 0 Å². The van der Waals surface area contributed by atoms with Crippen LogP contribution < -0.4 is 0 Å². The van der Waals surface area contributed by atoms with Gasteiger partial charge in [-0.05, 0) is 66.3 Å². The third-order valence-electron chi connectivity index (χ3n) is 5.26. The highest BCUT2D eigenvalue weighted by Gasteiger charge is 2.20. The Kier molecular flexibility index (Phi) is 6.26.